The number of nitrogens with zero attached hydrogens (tertiary/aromatic N) is 4. The number of hydrogen-bond acceptors (Lipinski definition) is 8. The molecule has 14 aromatic carbocycles. The lowest BCUT2D eigenvalue weighted by Gasteiger charge is -2.11. The maximum absolute atomic E-state index is 5.37. The molecule has 8 heteroatoms. The molecule has 0 bridgehead atoms. The van der Waals surface area contributed by atoms with Crippen molar-refractivity contribution in [2.45, 2.75) is 0 Å². The summed E-state index contributed by atoms with van der Waals surface area (Å²) in [6.07, 6.45) is 0. The second-order valence-electron chi connectivity index (χ2n) is 25.6. The van der Waals surface area contributed by atoms with E-state index in [1.165, 1.54) is 109 Å². The van der Waals surface area contributed by atoms with Gasteiger partial charge in [-0.05, 0) is 134 Å². The van der Waals surface area contributed by atoms with Crippen LogP contribution < -0.4 is 0 Å². The first-order chi connectivity index (χ1) is 49.4. The van der Waals surface area contributed by atoms with Crippen LogP contribution in [0.3, 0.4) is 0 Å². The molecule has 20 rings (SSSR count). The lowest BCUT2D eigenvalue weighted by molar-refractivity contribution is 1.18. The molecule has 6 aromatic heterocycles. The Morgan fingerprint density at radius 2 is 0.370 bits per heavy atom. The highest BCUT2D eigenvalue weighted by molar-refractivity contribution is 7.27. The zero-order valence-corrected chi connectivity index (χ0v) is 56.9. The van der Waals surface area contributed by atoms with Crippen molar-refractivity contribution in [2.75, 3.05) is 0 Å². The molecule has 0 saturated heterocycles. The van der Waals surface area contributed by atoms with Crippen molar-refractivity contribution in [3.8, 4) is 123 Å². The molecular weight excluding hydrogens is 1290 g/mol. The first-order valence-electron chi connectivity index (χ1n) is 33.5. The molecule has 0 amide bonds. The second kappa shape index (κ2) is 24.0. The van der Waals surface area contributed by atoms with Crippen molar-refractivity contribution < 1.29 is 0 Å². The summed E-state index contributed by atoms with van der Waals surface area (Å²) in [4.78, 5) is 21.4. The van der Waals surface area contributed by atoms with E-state index in [2.05, 4.69) is 328 Å². The lowest BCUT2D eigenvalue weighted by Crippen LogP contribution is -1.96. The van der Waals surface area contributed by atoms with Crippen molar-refractivity contribution in [1.29, 1.82) is 0 Å². The van der Waals surface area contributed by atoms with Gasteiger partial charge in [0.25, 0.3) is 0 Å². The smallest absolute Gasteiger partial charge is 0.160 e. The topological polar surface area (TPSA) is 51.6 Å². The number of fused-ring (bicyclic) bond motifs is 12. The summed E-state index contributed by atoms with van der Waals surface area (Å²) in [5.41, 5.74) is 21.3. The predicted molar refractivity (Wildman–Crippen MR) is 429 cm³/mol. The number of benzene rings is 14. The van der Waals surface area contributed by atoms with Gasteiger partial charge in [0.05, 0.1) is 22.8 Å². The van der Waals surface area contributed by atoms with Gasteiger partial charge in [-0.25, -0.2) is 19.9 Å². The second-order valence-corrected chi connectivity index (χ2v) is 30.0. The van der Waals surface area contributed by atoms with E-state index in [1.807, 2.05) is 45.3 Å². The van der Waals surface area contributed by atoms with Gasteiger partial charge in [-0.15, -0.1) is 45.3 Å². The van der Waals surface area contributed by atoms with Gasteiger partial charge in [-0.3, -0.25) is 0 Å². The first-order valence-corrected chi connectivity index (χ1v) is 36.8. The van der Waals surface area contributed by atoms with Gasteiger partial charge in [-0.1, -0.05) is 249 Å². The normalized spacial score (nSPS) is 11.8. The van der Waals surface area contributed by atoms with Crippen LogP contribution in [0.15, 0.2) is 328 Å². The van der Waals surface area contributed by atoms with E-state index in [0.717, 1.165) is 84.0 Å². The molecule has 4 nitrogen and oxygen atoms in total. The van der Waals surface area contributed by atoms with Crippen molar-refractivity contribution in [1.82, 2.24) is 19.9 Å². The van der Waals surface area contributed by atoms with Crippen LogP contribution in [0.1, 0.15) is 0 Å². The summed E-state index contributed by atoms with van der Waals surface area (Å²) < 4.78 is 10.1. The molecule has 0 aliphatic carbocycles. The Hall–Kier alpha value is -11.9. The molecule has 20 aromatic rings. The monoisotopic (exact) mass is 1340 g/mol. The Bertz CT molecular complexity index is 6520. The summed E-state index contributed by atoms with van der Waals surface area (Å²) in [6, 6.07) is 119. The predicted octanol–water partition coefficient (Wildman–Crippen LogP) is 27.1. The Morgan fingerprint density at radius 3 is 0.750 bits per heavy atom. The van der Waals surface area contributed by atoms with Crippen molar-refractivity contribution in [2.24, 2.45) is 0 Å². The molecule has 0 aliphatic rings. The summed E-state index contributed by atoms with van der Waals surface area (Å²) in [7, 11) is 0. The van der Waals surface area contributed by atoms with Crippen LogP contribution in [-0.2, 0) is 0 Å². The molecule has 0 saturated carbocycles. The van der Waals surface area contributed by atoms with Gasteiger partial charge >= 0.3 is 0 Å². The number of rotatable bonds is 11. The van der Waals surface area contributed by atoms with Crippen LogP contribution in [-0.4, -0.2) is 19.9 Å². The Balaban J connectivity index is 0.599. The Kier molecular flexibility index (Phi) is 14.0. The Labute approximate surface area is 592 Å². The first kappa shape index (κ1) is 58.3. The maximum Gasteiger partial charge on any atom is 0.160 e. The summed E-state index contributed by atoms with van der Waals surface area (Å²) in [5, 5.41) is 10.1. The van der Waals surface area contributed by atoms with E-state index in [1.54, 1.807) is 0 Å². The molecule has 0 fully saturated rings. The highest BCUT2D eigenvalue weighted by atomic mass is 32.1. The minimum Gasteiger partial charge on any atom is -0.228 e. The van der Waals surface area contributed by atoms with Crippen LogP contribution in [0.25, 0.3) is 204 Å². The van der Waals surface area contributed by atoms with Crippen molar-refractivity contribution in [3.05, 3.63) is 328 Å². The third-order valence-corrected chi connectivity index (χ3v) is 24.1. The van der Waals surface area contributed by atoms with Gasteiger partial charge in [0.15, 0.2) is 11.6 Å². The van der Waals surface area contributed by atoms with E-state index in [9.17, 15) is 0 Å². The molecule has 466 valence electrons. The third kappa shape index (κ3) is 10.5. The highest BCUT2D eigenvalue weighted by Gasteiger charge is 2.19. The summed E-state index contributed by atoms with van der Waals surface area (Å²) in [6.45, 7) is 0. The van der Waals surface area contributed by atoms with Crippen LogP contribution in [0.5, 0.6) is 0 Å². The van der Waals surface area contributed by atoms with Gasteiger partial charge < -0.3 is 0 Å². The van der Waals surface area contributed by atoms with E-state index >= 15 is 0 Å². The summed E-state index contributed by atoms with van der Waals surface area (Å²) >= 11 is 7.32. The molecule has 100 heavy (non-hydrogen) atoms. The largest absolute Gasteiger partial charge is 0.228 e. The Morgan fingerprint density at radius 1 is 0.140 bits per heavy atom. The standard InChI is InChI=1S/C92H54N4S4/c1-2-13-55(14-3-1)60-15-10-16-61(45-60)58-31-33-59(34-32-58)91-93-79(66-36-41-74-71-21-4-7-24-83(71)97-87(74)49-66)53-80(94-91)69-39-44-78-77-40-35-65(48-86(77)100-90(78)52-69)64-19-11-17-62(46-64)56-27-29-57(30-28-56)63-18-12-20-70(47-63)92-95-81(67-37-42-75-72-22-5-8-25-84(72)98-88(75)50-67)54-82(96-92)68-38-43-76-73-23-6-9-26-85(73)99-89(76)51-68/h1-54H. The fraction of sp³-hybridized carbons (Fsp3) is 0. The molecular formula is C92H54N4S4. The fourth-order valence-electron chi connectivity index (χ4n) is 14.4. The van der Waals surface area contributed by atoms with Crippen molar-refractivity contribution in [3.63, 3.8) is 0 Å². The molecule has 0 radical (unpaired) electrons. The summed E-state index contributed by atoms with van der Waals surface area (Å²) in [5.74, 6) is 1.38. The van der Waals surface area contributed by atoms with E-state index in [-0.39, 0.29) is 0 Å². The van der Waals surface area contributed by atoms with Gasteiger partial charge in [0, 0.05) is 114 Å². The van der Waals surface area contributed by atoms with E-state index in [4.69, 9.17) is 19.9 Å². The number of aromatic nitrogens is 4. The zero-order chi connectivity index (χ0) is 65.8. The minimum atomic E-state index is 0.691. The molecule has 6 heterocycles. The molecule has 0 spiro atoms. The molecule has 0 N–H and O–H groups in total. The van der Waals surface area contributed by atoms with Crippen LogP contribution in [0.2, 0.25) is 0 Å². The van der Waals surface area contributed by atoms with Crippen molar-refractivity contribution >= 4 is 126 Å². The molecule has 0 aliphatic heterocycles. The fourth-order valence-corrected chi connectivity index (χ4v) is 19.0. The van der Waals surface area contributed by atoms with E-state index < -0.39 is 0 Å². The average molecular weight is 1340 g/mol. The maximum atomic E-state index is 5.37. The average Bonchev–Trinajstić information content (AvgIpc) is 1.52. The van der Waals surface area contributed by atoms with Gasteiger partial charge in [0.1, 0.15) is 0 Å². The third-order valence-electron chi connectivity index (χ3n) is 19.6. The quantitative estimate of drug-likeness (QED) is 0.129. The zero-order valence-electron chi connectivity index (χ0n) is 53.6. The van der Waals surface area contributed by atoms with Gasteiger partial charge in [0.2, 0.25) is 0 Å². The minimum absolute atomic E-state index is 0.691. The number of hydrogen-bond donors (Lipinski definition) is 0. The molecule has 0 atom stereocenters. The van der Waals surface area contributed by atoms with Crippen LogP contribution in [0.4, 0.5) is 0 Å². The van der Waals surface area contributed by atoms with Crippen LogP contribution >= 0.6 is 45.3 Å². The van der Waals surface area contributed by atoms with Crippen LogP contribution in [0, 0.1) is 0 Å². The SMILES string of the molecule is c1ccc(-c2cccc(-c3ccc(-c4nc(-c5ccc6c(c5)sc5ccccc56)cc(-c5ccc6c(c5)sc5cc(-c7cccc(-c8ccc(-c9cccc(-c%10nc(-c%11ccc%12c(c%11)sc%11ccccc%11%12)cc(-c%11ccc%12c(c%11)sc%11ccccc%11%12)n%10)c9)cc8)c7)ccc56)n4)cc3)c2)cc1. The van der Waals surface area contributed by atoms with Gasteiger partial charge in [-0.2, -0.15) is 0 Å². The lowest BCUT2D eigenvalue weighted by atomic mass is 9.96. The number of thiophene rings is 4. The van der Waals surface area contributed by atoms with E-state index in [0.29, 0.717) is 11.6 Å². The highest BCUT2D eigenvalue weighted by Crippen LogP contribution is 2.44. The molecule has 0 unspecified atom stereocenters.